The molecule has 5 aromatic rings. The molecule has 0 aliphatic carbocycles. The Morgan fingerprint density at radius 1 is 1.00 bits per heavy atom. The van der Waals surface area contributed by atoms with Crippen molar-refractivity contribution in [3.63, 3.8) is 0 Å². The average Bonchev–Trinajstić information content (AvgIpc) is 3.05. The first-order valence-corrected chi connectivity index (χ1v) is 10.8. The van der Waals surface area contributed by atoms with Crippen LogP contribution in [0.15, 0.2) is 82.3 Å². The van der Waals surface area contributed by atoms with Gasteiger partial charge in [0.1, 0.15) is 16.9 Å². The van der Waals surface area contributed by atoms with Gasteiger partial charge in [0.15, 0.2) is 0 Å². The molecule has 7 heteroatoms. The second-order valence-corrected chi connectivity index (χ2v) is 8.67. The van der Waals surface area contributed by atoms with E-state index < -0.39 is 0 Å². The summed E-state index contributed by atoms with van der Waals surface area (Å²) in [6, 6.07) is 19.8. The molecule has 2 aromatic heterocycles. The van der Waals surface area contributed by atoms with Gasteiger partial charge in [0.2, 0.25) is 0 Å². The fraction of sp³-hybridized carbons (Fsp3) is 0.0833. The zero-order chi connectivity index (χ0) is 21.5. The van der Waals surface area contributed by atoms with Crippen LogP contribution in [0, 0.1) is 5.82 Å². The summed E-state index contributed by atoms with van der Waals surface area (Å²) >= 11 is 9.79. The Balaban J connectivity index is 1.74. The first-order valence-electron chi connectivity index (χ1n) is 9.66. The number of aromatic nitrogens is 3. The Morgan fingerprint density at radius 3 is 2.65 bits per heavy atom. The van der Waals surface area contributed by atoms with E-state index in [9.17, 15) is 9.18 Å². The van der Waals surface area contributed by atoms with Crippen molar-refractivity contribution < 1.29 is 4.39 Å². The minimum absolute atomic E-state index is 0.198. The molecule has 0 aliphatic heterocycles. The average molecular weight is 497 g/mol. The SMILES string of the molecule is O=c1c2c(ncn1Cc1ccccc1Cl)c1cc(F)ccc1n2Cc1cccc(Br)c1. The van der Waals surface area contributed by atoms with Crippen LogP contribution in [0.2, 0.25) is 5.02 Å². The zero-order valence-electron chi connectivity index (χ0n) is 16.2. The van der Waals surface area contributed by atoms with Gasteiger partial charge in [-0.15, -0.1) is 0 Å². The number of benzene rings is 3. The fourth-order valence-electron chi connectivity index (χ4n) is 3.88. The van der Waals surface area contributed by atoms with Gasteiger partial charge in [0, 0.05) is 21.4 Å². The monoisotopic (exact) mass is 495 g/mol. The van der Waals surface area contributed by atoms with Crippen LogP contribution in [0.25, 0.3) is 21.9 Å². The lowest BCUT2D eigenvalue weighted by Crippen LogP contribution is -2.23. The predicted molar refractivity (Wildman–Crippen MR) is 125 cm³/mol. The highest BCUT2D eigenvalue weighted by molar-refractivity contribution is 9.10. The van der Waals surface area contributed by atoms with Crippen molar-refractivity contribution in [1.82, 2.24) is 14.1 Å². The van der Waals surface area contributed by atoms with Crippen molar-refractivity contribution in [3.8, 4) is 0 Å². The zero-order valence-corrected chi connectivity index (χ0v) is 18.6. The van der Waals surface area contributed by atoms with Gasteiger partial charge in [-0.3, -0.25) is 9.36 Å². The van der Waals surface area contributed by atoms with Gasteiger partial charge >= 0.3 is 0 Å². The normalized spacial score (nSPS) is 11.5. The van der Waals surface area contributed by atoms with Gasteiger partial charge in [-0.05, 0) is 47.5 Å². The maximum absolute atomic E-state index is 14.0. The lowest BCUT2D eigenvalue weighted by molar-refractivity contribution is 0.629. The molecule has 0 bridgehead atoms. The predicted octanol–water partition coefficient (Wildman–Crippen LogP) is 6.00. The smallest absolute Gasteiger partial charge is 0.278 e. The third-order valence-corrected chi connectivity index (χ3v) is 6.18. The Kier molecular flexibility index (Phi) is 5.12. The molecule has 0 saturated carbocycles. The van der Waals surface area contributed by atoms with E-state index in [1.165, 1.54) is 23.0 Å². The van der Waals surface area contributed by atoms with Crippen LogP contribution >= 0.6 is 27.5 Å². The van der Waals surface area contributed by atoms with Crippen molar-refractivity contribution in [2.45, 2.75) is 13.1 Å². The molecule has 4 nitrogen and oxygen atoms in total. The van der Waals surface area contributed by atoms with Gasteiger partial charge in [-0.2, -0.15) is 0 Å². The molecule has 0 saturated heterocycles. The summed E-state index contributed by atoms with van der Waals surface area (Å²) in [7, 11) is 0. The first-order chi connectivity index (χ1) is 15.0. The van der Waals surface area contributed by atoms with Crippen LogP contribution in [-0.4, -0.2) is 14.1 Å². The summed E-state index contributed by atoms with van der Waals surface area (Å²) in [6.45, 7) is 0.756. The number of hydrogen-bond acceptors (Lipinski definition) is 2. The molecule has 3 aromatic carbocycles. The second-order valence-electron chi connectivity index (χ2n) is 7.34. The number of halogens is 3. The van der Waals surface area contributed by atoms with Crippen molar-refractivity contribution in [2.75, 3.05) is 0 Å². The van der Waals surface area contributed by atoms with E-state index in [4.69, 9.17) is 11.6 Å². The van der Waals surface area contributed by atoms with Gasteiger partial charge in [0.05, 0.1) is 18.4 Å². The van der Waals surface area contributed by atoms with E-state index in [0.717, 1.165) is 21.1 Å². The summed E-state index contributed by atoms with van der Waals surface area (Å²) in [5, 5.41) is 1.21. The van der Waals surface area contributed by atoms with E-state index >= 15 is 0 Å². The molecule has 0 spiro atoms. The Morgan fingerprint density at radius 2 is 1.84 bits per heavy atom. The molecule has 154 valence electrons. The summed E-state index contributed by atoms with van der Waals surface area (Å²) in [5.74, 6) is -0.365. The van der Waals surface area contributed by atoms with Crippen molar-refractivity contribution in [3.05, 3.63) is 110 Å². The third kappa shape index (κ3) is 3.66. The van der Waals surface area contributed by atoms with Crippen LogP contribution in [0.5, 0.6) is 0 Å². The molecule has 0 unspecified atom stereocenters. The standard InChI is InChI=1S/C24H16BrClFN3O/c25-17-6-3-4-15(10-17)12-30-21-9-8-18(27)11-19(21)22-23(30)24(31)29(14-28-22)13-16-5-1-2-7-20(16)26/h1-11,14H,12-13H2. The van der Waals surface area contributed by atoms with E-state index in [2.05, 4.69) is 20.9 Å². The minimum Gasteiger partial charge on any atom is -0.330 e. The summed E-state index contributed by atoms with van der Waals surface area (Å²) in [5.41, 5.74) is 3.33. The lowest BCUT2D eigenvalue weighted by atomic mass is 10.2. The summed E-state index contributed by atoms with van der Waals surface area (Å²) in [4.78, 5) is 18.1. The van der Waals surface area contributed by atoms with Crippen LogP contribution in [0.4, 0.5) is 4.39 Å². The van der Waals surface area contributed by atoms with E-state index in [-0.39, 0.29) is 11.4 Å². The molecule has 0 atom stereocenters. The largest absolute Gasteiger partial charge is 0.330 e. The van der Waals surface area contributed by atoms with E-state index in [0.29, 0.717) is 34.5 Å². The third-order valence-electron chi connectivity index (χ3n) is 5.32. The molecular formula is C24H16BrClFN3O. The molecule has 0 aliphatic rings. The highest BCUT2D eigenvalue weighted by atomic mass is 79.9. The van der Waals surface area contributed by atoms with E-state index in [1.807, 2.05) is 47.0 Å². The lowest BCUT2D eigenvalue weighted by Gasteiger charge is -2.10. The molecule has 5 rings (SSSR count). The molecule has 0 radical (unpaired) electrons. The van der Waals surface area contributed by atoms with E-state index in [1.54, 1.807) is 12.1 Å². The maximum Gasteiger partial charge on any atom is 0.278 e. The molecule has 0 fully saturated rings. The Hall–Kier alpha value is -2.96. The molecule has 0 amide bonds. The van der Waals surface area contributed by atoms with Crippen LogP contribution in [0.1, 0.15) is 11.1 Å². The highest BCUT2D eigenvalue weighted by Gasteiger charge is 2.18. The van der Waals surface area contributed by atoms with Crippen LogP contribution in [0.3, 0.4) is 0 Å². The van der Waals surface area contributed by atoms with Crippen LogP contribution in [-0.2, 0) is 13.1 Å². The minimum atomic E-state index is -0.365. The summed E-state index contributed by atoms with van der Waals surface area (Å²) in [6.07, 6.45) is 1.50. The second kappa shape index (κ2) is 7.94. The van der Waals surface area contributed by atoms with Crippen molar-refractivity contribution in [2.24, 2.45) is 0 Å². The highest BCUT2D eigenvalue weighted by Crippen LogP contribution is 2.28. The van der Waals surface area contributed by atoms with Crippen LogP contribution < -0.4 is 5.56 Å². The molecule has 0 N–H and O–H groups in total. The number of rotatable bonds is 4. The van der Waals surface area contributed by atoms with Crippen molar-refractivity contribution in [1.29, 1.82) is 0 Å². The number of nitrogens with zero attached hydrogens (tertiary/aromatic N) is 3. The molecular weight excluding hydrogens is 481 g/mol. The molecule has 31 heavy (non-hydrogen) atoms. The van der Waals surface area contributed by atoms with Gasteiger partial charge in [-0.1, -0.05) is 57.9 Å². The van der Waals surface area contributed by atoms with Crippen molar-refractivity contribution >= 4 is 49.5 Å². The quantitative estimate of drug-likeness (QED) is 0.306. The van der Waals surface area contributed by atoms with Gasteiger partial charge < -0.3 is 4.57 Å². The topological polar surface area (TPSA) is 39.8 Å². The fourth-order valence-corrected chi connectivity index (χ4v) is 4.52. The first kappa shape index (κ1) is 20.0. The maximum atomic E-state index is 14.0. The Bertz CT molecular complexity index is 1510. The number of fused-ring (bicyclic) bond motifs is 3. The molecule has 2 heterocycles. The summed E-state index contributed by atoms with van der Waals surface area (Å²) < 4.78 is 18.4. The van der Waals surface area contributed by atoms with Gasteiger partial charge in [-0.25, -0.2) is 9.37 Å². The number of hydrogen-bond donors (Lipinski definition) is 0. The van der Waals surface area contributed by atoms with Gasteiger partial charge in [0.25, 0.3) is 5.56 Å². The Labute approximate surface area is 190 Å².